The molecule has 0 saturated carbocycles. The first-order valence-corrected chi connectivity index (χ1v) is 5.55. The topological polar surface area (TPSA) is 21.3 Å². The number of morpholine rings is 1. The van der Waals surface area contributed by atoms with E-state index in [2.05, 4.69) is 18.3 Å². The predicted octanol–water partition coefficient (Wildman–Crippen LogP) is 2.45. The highest BCUT2D eigenvalue weighted by Crippen LogP contribution is 2.28. The van der Waals surface area contributed by atoms with Crippen LogP contribution in [-0.4, -0.2) is 19.3 Å². The highest BCUT2D eigenvalue weighted by Gasteiger charge is 2.20. The van der Waals surface area contributed by atoms with E-state index < -0.39 is 0 Å². The van der Waals surface area contributed by atoms with Gasteiger partial charge in [-0.05, 0) is 19.1 Å². The molecule has 2 atom stereocenters. The number of hydrogen-bond donors (Lipinski definition) is 1. The fourth-order valence-corrected chi connectivity index (χ4v) is 2.51. The van der Waals surface area contributed by atoms with Crippen molar-refractivity contribution < 1.29 is 4.74 Å². The molecule has 1 aliphatic rings. The van der Waals surface area contributed by atoms with Gasteiger partial charge in [0.15, 0.2) is 0 Å². The first-order chi connectivity index (χ1) is 6.25. The summed E-state index contributed by atoms with van der Waals surface area (Å²) in [6.45, 7) is 3.74. The molecule has 2 nitrogen and oxygen atoms in total. The molecule has 0 amide bonds. The zero-order valence-corrected chi connectivity index (χ0v) is 8.99. The van der Waals surface area contributed by atoms with Crippen molar-refractivity contribution in [2.75, 3.05) is 13.2 Å². The van der Waals surface area contributed by atoms with Gasteiger partial charge in [0.2, 0.25) is 0 Å². The Morgan fingerprint density at radius 1 is 1.62 bits per heavy atom. The summed E-state index contributed by atoms with van der Waals surface area (Å²) in [7, 11) is 0. The molecular formula is C9H12ClNOS. The molecule has 2 heterocycles. The summed E-state index contributed by atoms with van der Waals surface area (Å²) >= 11 is 7.48. The predicted molar refractivity (Wildman–Crippen MR) is 55.5 cm³/mol. The summed E-state index contributed by atoms with van der Waals surface area (Å²) in [5.74, 6) is 0. The molecule has 0 aliphatic carbocycles. The van der Waals surface area contributed by atoms with E-state index in [1.807, 2.05) is 6.07 Å². The molecule has 72 valence electrons. The summed E-state index contributed by atoms with van der Waals surface area (Å²) in [6, 6.07) is 4.32. The van der Waals surface area contributed by atoms with Gasteiger partial charge in [0.05, 0.1) is 23.1 Å². The fraction of sp³-hybridized carbons (Fsp3) is 0.556. The van der Waals surface area contributed by atoms with Gasteiger partial charge >= 0.3 is 0 Å². The van der Waals surface area contributed by atoms with E-state index in [4.69, 9.17) is 16.3 Å². The Hall–Kier alpha value is -0.0900. The van der Waals surface area contributed by atoms with Crippen LogP contribution in [0.5, 0.6) is 0 Å². The summed E-state index contributed by atoms with van der Waals surface area (Å²) in [5, 5.41) is 3.43. The van der Waals surface area contributed by atoms with Crippen molar-refractivity contribution in [3.8, 4) is 0 Å². The van der Waals surface area contributed by atoms with Crippen LogP contribution < -0.4 is 5.32 Å². The first-order valence-electron chi connectivity index (χ1n) is 4.36. The Morgan fingerprint density at radius 2 is 2.46 bits per heavy atom. The van der Waals surface area contributed by atoms with Crippen LogP contribution in [0.1, 0.15) is 17.8 Å². The maximum atomic E-state index is 5.86. The smallest absolute Gasteiger partial charge is 0.0931 e. The molecule has 1 aromatic heterocycles. The zero-order chi connectivity index (χ0) is 9.26. The van der Waals surface area contributed by atoms with E-state index in [-0.39, 0.29) is 0 Å². The second kappa shape index (κ2) is 3.96. The lowest BCUT2D eigenvalue weighted by molar-refractivity contribution is 0.0157. The van der Waals surface area contributed by atoms with Crippen LogP contribution in [-0.2, 0) is 4.74 Å². The normalized spacial score (nSPS) is 29.1. The lowest BCUT2D eigenvalue weighted by atomic mass is 10.2. The molecule has 0 bridgehead atoms. The Labute approximate surface area is 86.9 Å². The summed E-state index contributed by atoms with van der Waals surface area (Å²) in [6.07, 6.45) is 0.326. The largest absolute Gasteiger partial charge is 0.375 e. The minimum absolute atomic E-state index is 0.326. The lowest BCUT2D eigenvalue weighted by Crippen LogP contribution is -2.39. The maximum absolute atomic E-state index is 5.86. The van der Waals surface area contributed by atoms with Crippen LogP contribution in [0.3, 0.4) is 0 Å². The van der Waals surface area contributed by atoms with Crippen LogP contribution >= 0.6 is 22.9 Å². The number of thiophene rings is 1. The van der Waals surface area contributed by atoms with Gasteiger partial charge in [0, 0.05) is 11.4 Å². The molecule has 2 rings (SSSR count). The lowest BCUT2D eigenvalue weighted by Gasteiger charge is -2.27. The van der Waals surface area contributed by atoms with Gasteiger partial charge in [-0.2, -0.15) is 0 Å². The minimum atomic E-state index is 0.326. The van der Waals surface area contributed by atoms with E-state index in [0.29, 0.717) is 12.1 Å². The first kappa shape index (κ1) is 9.46. The Morgan fingerprint density at radius 3 is 3.00 bits per heavy atom. The van der Waals surface area contributed by atoms with E-state index in [9.17, 15) is 0 Å². The summed E-state index contributed by atoms with van der Waals surface area (Å²) < 4.78 is 6.40. The van der Waals surface area contributed by atoms with Gasteiger partial charge in [0.25, 0.3) is 0 Å². The molecule has 4 heteroatoms. The zero-order valence-electron chi connectivity index (χ0n) is 7.42. The van der Waals surface area contributed by atoms with Gasteiger partial charge in [-0.25, -0.2) is 0 Å². The highest BCUT2D eigenvalue weighted by atomic mass is 35.5. The van der Waals surface area contributed by atoms with Crippen LogP contribution in [0.25, 0.3) is 0 Å². The standard InChI is InChI=1S/C9H12ClNOS/c1-6-4-11-7(5-12-6)8-2-3-9(10)13-8/h2-3,6-7,11H,4-5H2,1H3. The molecule has 1 aliphatic heterocycles. The molecule has 2 unspecified atom stereocenters. The van der Waals surface area contributed by atoms with E-state index >= 15 is 0 Å². The van der Waals surface area contributed by atoms with Crippen molar-refractivity contribution in [1.29, 1.82) is 0 Å². The summed E-state index contributed by atoms with van der Waals surface area (Å²) in [5.41, 5.74) is 0. The second-order valence-electron chi connectivity index (χ2n) is 3.25. The van der Waals surface area contributed by atoms with Gasteiger partial charge < -0.3 is 10.1 Å². The van der Waals surface area contributed by atoms with E-state index in [1.54, 1.807) is 11.3 Å². The van der Waals surface area contributed by atoms with Crippen molar-refractivity contribution >= 4 is 22.9 Å². The molecule has 0 radical (unpaired) electrons. The van der Waals surface area contributed by atoms with Gasteiger partial charge in [-0.1, -0.05) is 11.6 Å². The third-order valence-corrected chi connectivity index (χ3v) is 3.48. The SMILES string of the molecule is CC1CNC(c2ccc(Cl)s2)CO1. The molecule has 1 N–H and O–H groups in total. The van der Waals surface area contributed by atoms with Gasteiger partial charge in [-0.15, -0.1) is 11.3 Å². The second-order valence-corrected chi connectivity index (χ2v) is 4.99. The van der Waals surface area contributed by atoms with Crippen molar-refractivity contribution in [1.82, 2.24) is 5.32 Å². The van der Waals surface area contributed by atoms with Crippen LogP contribution in [0.2, 0.25) is 4.34 Å². The number of hydrogen-bond acceptors (Lipinski definition) is 3. The Balaban J connectivity index is 2.02. The van der Waals surface area contributed by atoms with E-state index in [0.717, 1.165) is 17.5 Å². The average Bonchev–Trinajstić information content (AvgIpc) is 2.53. The average molecular weight is 218 g/mol. The quantitative estimate of drug-likeness (QED) is 0.781. The number of halogens is 1. The minimum Gasteiger partial charge on any atom is -0.375 e. The van der Waals surface area contributed by atoms with Crippen LogP contribution in [0.15, 0.2) is 12.1 Å². The van der Waals surface area contributed by atoms with Crippen molar-refractivity contribution in [3.05, 3.63) is 21.3 Å². The number of rotatable bonds is 1. The van der Waals surface area contributed by atoms with Crippen molar-refractivity contribution in [3.63, 3.8) is 0 Å². The van der Waals surface area contributed by atoms with Crippen molar-refractivity contribution in [2.45, 2.75) is 19.1 Å². The monoisotopic (exact) mass is 217 g/mol. The maximum Gasteiger partial charge on any atom is 0.0931 e. The molecule has 13 heavy (non-hydrogen) atoms. The fourth-order valence-electron chi connectivity index (χ4n) is 1.38. The summed E-state index contributed by atoms with van der Waals surface area (Å²) in [4.78, 5) is 1.26. The highest BCUT2D eigenvalue weighted by molar-refractivity contribution is 7.16. The number of nitrogens with one attached hydrogen (secondary N) is 1. The van der Waals surface area contributed by atoms with Crippen molar-refractivity contribution in [2.24, 2.45) is 0 Å². The number of ether oxygens (including phenoxy) is 1. The molecule has 1 aromatic rings. The third-order valence-electron chi connectivity index (χ3n) is 2.14. The van der Waals surface area contributed by atoms with E-state index in [1.165, 1.54) is 4.88 Å². The van der Waals surface area contributed by atoms with Gasteiger partial charge in [-0.3, -0.25) is 0 Å². The Kier molecular flexibility index (Phi) is 2.89. The van der Waals surface area contributed by atoms with Crippen LogP contribution in [0, 0.1) is 0 Å². The van der Waals surface area contributed by atoms with Gasteiger partial charge in [0.1, 0.15) is 0 Å². The molecular weight excluding hydrogens is 206 g/mol. The molecule has 0 aromatic carbocycles. The van der Waals surface area contributed by atoms with Crippen LogP contribution in [0.4, 0.5) is 0 Å². The molecule has 1 saturated heterocycles. The molecule has 0 spiro atoms. The third kappa shape index (κ3) is 2.23. The Bertz CT molecular complexity index is 281. The molecule has 1 fully saturated rings.